The van der Waals surface area contributed by atoms with Gasteiger partial charge in [-0.2, -0.15) is 0 Å². The average Bonchev–Trinajstić information content (AvgIpc) is 2.29. The van der Waals surface area contributed by atoms with Gasteiger partial charge in [0.2, 0.25) is 5.91 Å². The minimum absolute atomic E-state index is 0. The van der Waals surface area contributed by atoms with Gasteiger partial charge < -0.3 is 15.5 Å². The van der Waals surface area contributed by atoms with E-state index in [1.165, 1.54) is 0 Å². The number of para-hydroxylation sites is 2. The lowest BCUT2D eigenvalue weighted by Crippen LogP contribution is -2.45. The van der Waals surface area contributed by atoms with Crippen molar-refractivity contribution in [1.82, 2.24) is 0 Å². The van der Waals surface area contributed by atoms with Crippen LogP contribution < -0.4 is 15.5 Å². The number of likely N-dealkylation sites (N-methyl/N-ethyl adjacent to an activating group) is 1. The van der Waals surface area contributed by atoms with Gasteiger partial charge in [0.1, 0.15) is 0 Å². The first-order valence-corrected chi connectivity index (χ1v) is 5.04. The van der Waals surface area contributed by atoms with Gasteiger partial charge in [0.05, 0.1) is 17.9 Å². The number of hydrogen-bond donors (Lipinski definition) is 1. The Morgan fingerprint density at radius 1 is 1.31 bits per heavy atom. The molecule has 1 amide bonds. The molecule has 0 bridgehead atoms. The van der Waals surface area contributed by atoms with Crippen molar-refractivity contribution in [3.8, 4) is 0 Å². The molecule has 0 unspecified atom stereocenters. The zero-order valence-corrected chi connectivity index (χ0v) is 10.0. The second-order valence-electron chi connectivity index (χ2n) is 3.66. The van der Waals surface area contributed by atoms with Crippen molar-refractivity contribution in [2.24, 2.45) is 5.73 Å². The highest BCUT2D eigenvalue weighted by Gasteiger charge is 2.23. The first-order valence-electron chi connectivity index (χ1n) is 5.04. The van der Waals surface area contributed by atoms with Crippen LogP contribution in [-0.2, 0) is 4.79 Å². The summed E-state index contributed by atoms with van der Waals surface area (Å²) in [5.74, 6) is -0.0180. The molecule has 0 saturated carbocycles. The Kier molecular flexibility index (Phi) is 4.15. The van der Waals surface area contributed by atoms with E-state index in [0.29, 0.717) is 6.54 Å². The second kappa shape index (κ2) is 5.18. The number of benzene rings is 1. The molecule has 0 fully saturated rings. The Balaban J connectivity index is 0.00000128. The van der Waals surface area contributed by atoms with Gasteiger partial charge in [-0.05, 0) is 12.1 Å². The van der Waals surface area contributed by atoms with Crippen molar-refractivity contribution in [3.63, 3.8) is 0 Å². The second-order valence-corrected chi connectivity index (χ2v) is 3.66. The normalized spacial score (nSPS) is 14.1. The van der Waals surface area contributed by atoms with Crippen LogP contribution in [0.1, 0.15) is 0 Å². The van der Waals surface area contributed by atoms with E-state index in [1.54, 1.807) is 4.90 Å². The predicted molar refractivity (Wildman–Crippen MR) is 68.4 cm³/mol. The topological polar surface area (TPSA) is 49.6 Å². The third-order valence-corrected chi connectivity index (χ3v) is 2.72. The molecule has 88 valence electrons. The molecule has 16 heavy (non-hydrogen) atoms. The molecule has 1 aromatic rings. The fourth-order valence-corrected chi connectivity index (χ4v) is 1.88. The van der Waals surface area contributed by atoms with E-state index in [0.717, 1.165) is 17.9 Å². The van der Waals surface area contributed by atoms with E-state index in [2.05, 4.69) is 4.90 Å². The summed E-state index contributed by atoms with van der Waals surface area (Å²) < 4.78 is 0. The fourth-order valence-electron chi connectivity index (χ4n) is 1.88. The molecule has 1 aromatic carbocycles. The Labute approximate surface area is 101 Å². The summed E-state index contributed by atoms with van der Waals surface area (Å²) in [5, 5.41) is 0. The number of carbonyl (C=O) groups is 1. The molecule has 0 radical (unpaired) electrons. The third-order valence-electron chi connectivity index (χ3n) is 2.72. The Morgan fingerprint density at radius 2 is 1.94 bits per heavy atom. The monoisotopic (exact) mass is 241 g/mol. The Morgan fingerprint density at radius 3 is 2.56 bits per heavy atom. The summed E-state index contributed by atoms with van der Waals surface area (Å²) in [5.41, 5.74) is 7.44. The molecule has 1 aliphatic rings. The van der Waals surface area contributed by atoms with Gasteiger partial charge in [-0.3, -0.25) is 4.79 Å². The lowest BCUT2D eigenvalue weighted by Gasteiger charge is -2.35. The van der Waals surface area contributed by atoms with Crippen LogP contribution in [-0.4, -0.2) is 32.6 Å². The van der Waals surface area contributed by atoms with E-state index < -0.39 is 0 Å². The van der Waals surface area contributed by atoms with Crippen LogP contribution in [0.25, 0.3) is 0 Å². The minimum Gasteiger partial charge on any atom is -0.371 e. The van der Waals surface area contributed by atoms with Crippen LogP contribution in [0.3, 0.4) is 0 Å². The average molecular weight is 242 g/mol. The summed E-state index contributed by atoms with van der Waals surface area (Å²) >= 11 is 0. The molecule has 0 aliphatic carbocycles. The lowest BCUT2D eigenvalue weighted by molar-refractivity contribution is -0.117. The maximum absolute atomic E-state index is 11.6. The number of carbonyl (C=O) groups excluding carboxylic acids is 1. The van der Waals surface area contributed by atoms with Gasteiger partial charge in [0.25, 0.3) is 0 Å². The van der Waals surface area contributed by atoms with Gasteiger partial charge in [0, 0.05) is 20.1 Å². The smallest absolute Gasteiger partial charge is 0.240 e. The molecular formula is C11H16ClN3O. The van der Waals surface area contributed by atoms with E-state index in [1.807, 2.05) is 31.3 Å². The predicted octanol–water partition coefficient (Wildman–Crippen LogP) is 0.850. The maximum atomic E-state index is 11.6. The van der Waals surface area contributed by atoms with Crippen LogP contribution in [0, 0.1) is 0 Å². The van der Waals surface area contributed by atoms with Crippen LogP contribution in [0.5, 0.6) is 0 Å². The Hall–Kier alpha value is -1.26. The summed E-state index contributed by atoms with van der Waals surface area (Å²) in [6.07, 6.45) is 0. The highest BCUT2D eigenvalue weighted by molar-refractivity contribution is 5.98. The number of nitrogens with two attached hydrogens (primary N) is 1. The highest BCUT2D eigenvalue weighted by Crippen LogP contribution is 2.31. The van der Waals surface area contributed by atoms with E-state index >= 15 is 0 Å². The maximum Gasteiger partial charge on any atom is 0.240 e. The molecular weight excluding hydrogens is 226 g/mol. The first kappa shape index (κ1) is 12.8. The molecule has 2 rings (SSSR count). The van der Waals surface area contributed by atoms with E-state index in [-0.39, 0.29) is 24.9 Å². The van der Waals surface area contributed by atoms with E-state index in [4.69, 9.17) is 5.73 Å². The van der Waals surface area contributed by atoms with Crippen molar-refractivity contribution in [3.05, 3.63) is 24.3 Å². The quantitative estimate of drug-likeness (QED) is 0.793. The largest absolute Gasteiger partial charge is 0.371 e. The number of nitrogens with zero attached hydrogens (tertiary/aromatic N) is 2. The molecule has 1 heterocycles. The number of halogens is 1. The SMILES string of the molecule is CN1CCN(C(=O)CN)c2ccccc21.Cl. The molecule has 0 aromatic heterocycles. The van der Waals surface area contributed by atoms with Gasteiger partial charge in [-0.15, -0.1) is 12.4 Å². The molecule has 2 N–H and O–H groups in total. The molecule has 0 saturated heterocycles. The highest BCUT2D eigenvalue weighted by atomic mass is 35.5. The molecule has 0 spiro atoms. The van der Waals surface area contributed by atoms with Gasteiger partial charge >= 0.3 is 0 Å². The standard InChI is InChI=1S/C11H15N3O.ClH/c1-13-6-7-14(11(15)8-12)10-5-3-2-4-9(10)13;/h2-5H,6-8,12H2,1H3;1H. The number of anilines is 2. The van der Waals surface area contributed by atoms with Crippen LogP contribution in [0.2, 0.25) is 0 Å². The van der Waals surface area contributed by atoms with Gasteiger partial charge in [-0.25, -0.2) is 0 Å². The summed E-state index contributed by atoms with van der Waals surface area (Å²) in [7, 11) is 2.03. The van der Waals surface area contributed by atoms with Crippen molar-refractivity contribution in [2.75, 3.05) is 36.5 Å². The van der Waals surface area contributed by atoms with Gasteiger partial charge in [-0.1, -0.05) is 12.1 Å². The molecule has 4 nitrogen and oxygen atoms in total. The minimum atomic E-state index is -0.0180. The molecule has 0 atom stereocenters. The van der Waals surface area contributed by atoms with Crippen molar-refractivity contribution < 1.29 is 4.79 Å². The van der Waals surface area contributed by atoms with Crippen molar-refractivity contribution in [2.45, 2.75) is 0 Å². The molecule has 5 heteroatoms. The van der Waals surface area contributed by atoms with Crippen molar-refractivity contribution >= 4 is 29.7 Å². The van der Waals surface area contributed by atoms with E-state index in [9.17, 15) is 4.79 Å². The lowest BCUT2D eigenvalue weighted by atomic mass is 10.1. The van der Waals surface area contributed by atoms with Gasteiger partial charge in [0.15, 0.2) is 0 Å². The summed E-state index contributed by atoms with van der Waals surface area (Å²) in [4.78, 5) is 15.5. The van der Waals surface area contributed by atoms with Crippen LogP contribution in [0.15, 0.2) is 24.3 Å². The zero-order valence-electron chi connectivity index (χ0n) is 9.22. The Bertz CT molecular complexity index is 383. The fraction of sp³-hybridized carbons (Fsp3) is 0.364. The number of fused-ring (bicyclic) bond motifs is 1. The van der Waals surface area contributed by atoms with Crippen LogP contribution >= 0.6 is 12.4 Å². The van der Waals surface area contributed by atoms with Crippen LogP contribution in [0.4, 0.5) is 11.4 Å². The third kappa shape index (κ3) is 2.13. The first-order chi connectivity index (χ1) is 7.24. The summed E-state index contributed by atoms with van der Waals surface area (Å²) in [6, 6.07) is 7.89. The zero-order chi connectivity index (χ0) is 10.8. The number of amides is 1. The summed E-state index contributed by atoms with van der Waals surface area (Å²) in [6.45, 7) is 1.63. The number of rotatable bonds is 1. The van der Waals surface area contributed by atoms with Crippen molar-refractivity contribution in [1.29, 1.82) is 0 Å². The number of hydrogen-bond acceptors (Lipinski definition) is 3. The molecule has 1 aliphatic heterocycles.